The van der Waals surface area contributed by atoms with E-state index in [1.54, 1.807) is 4.90 Å². The largest absolute Gasteiger partial charge is 0.478 e. The zero-order chi connectivity index (χ0) is 14.7. The molecular formula is C13H15BrF2N2O2. The van der Waals surface area contributed by atoms with Crippen LogP contribution in [-0.4, -0.2) is 43.1 Å². The molecule has 2 rings (SSSR count). The zero-order valence-electron chi connectivity index (χ0n) is 11.0. The van der Waals surface area contributed by atoms with E-state index in [1.165, 1.54) is 13.0 Å². The average molecular weight is 349 g/mol. The molecule has 1 atom stereocenters. The number of ether oxygens (including phenoxy) is 1. The Kier molecular flexibility index (Phi) is 4.93. The average Bonchev–Trinajstić information content (AvgIpc) is 2.44. The van der Waals surface area contributed by atoms with Crippen molar-refractivity contribution in [2.24, 2.45) is 0 Å². The van der Waals surface area contributed by atoms with Crippen LogP contribution in [0.2, 0.25) is 0 Å². The number of halogens is 3. The summed E-state index contributed by atoms with van der Waals surface area (Å²) in [6.07, 6.45) is -0.865. The smallest absolute Gasteiger partial charge is 0.263 e. The summed E-state index contributed by atoms with van der Waals surface area (Å²) in [5, 5.41) is 3.13. The minimum Gasteiger partial charge on any atom is -0.478 e. The maximum absolute atomic E-state index is 13.6. The van der Waals surface area contributed by atoms with Crippen molar-refractivity contribution in [3.8, 4) is 5.75 Å². The van der Waals surface area contributed by atoms with Crippen molar-refractivity contribution >= 4 is 21.8 Å². The van der Waals surface area contributed by atoms with E-state index >= 15 is 0 Å². The second-order valence-corrected chi connectivity index (χ2v) is 5.45. The predicted molar refractivity (Wildman–Crippen MR) is 73.6 cm³/mol. The summed E-state index contributed by atoms with van der Waals surface area (Å²) >= 11 is 3.06. The van der Waals surface area contributed by atoms with E-state index < -0.39 is 17.7 Å². The highest BCUT2D eigenvalue weighted by Gasteiger charge is 2.25. The van der Waals surface area contributed by atoms with Gasteiger partial charge in [0, 0.05) is 30.7 Å². The van der Waals surface area contributed by atoms with Crippen LogP contribution in [0.3, 0.4) is 0 Å². The van der Waals surface area contributed by atoms with Crippen molar-refractivity contribution in [2.45, 2.75) is 13.0 Å². The molecule has 7 heteroatoms. The first-order chi connectivity index (χ1) is 9.49. The summed E-state index contributed by atoms with van der Waals surface area (Å²) in [5.41, 5.74) is 0. The number of amides is 1. The van der Waals surface area contributed by atoms with Gasteiger partial charge in [-0.3, -0.25) is 4.79 Å². The Balaban J connectivity index is 2.07. The van der Waals surface area contributed by atoms with E-state index in [9.17, 15) is 13.6 Å². The number of piperazine rings is 1. The fourth-order valence-corrected chi connectivity index (χ4v) is 2.41. The van der Waals surface area contributed by atoms with E-state index in [0.717, 1.165) is 19.2 Å². The SMILES string of the molecule is CC(Oc1cc(Br)cc(F)c1F)C(=O)N1CCNCC1. The Labute approximate surface area is 124 Å². The maximum atomic E-state index is 13.6. The van der Waals surface area contributed by atoms with E-state index in [4.69, 9.17) is 4.74 Å². The molecule has 1 N–H and O–H groups in total. The van der Waals surface area contributed by atoms with Crippen molar-refractivity contribution in [1.82, 2.24) is 10.2 Å². The quantitative estimate of drug-likeness (QED) is 0.848. The van der Waals surface area contributed by atoms with Crippen LogP contribution in [0.5, 0.6) is 5.75 Å². The summed E-state index contributed by atoms with van der Waals surface area (Å²) in [6, 6.07) is 2.31. The third-order valence-corrected chi connectivity index (χ3v) is 3.50. The molecule has 1 aliphatic rings. The summed E-state index contributed by atoms with van der Waals surface area (Å²) in [5.74, 6) is -2.61. The monoisotopic (exact) mass is 348 g/mol. The predicted octanol–water partition coefficient (Wildman–Crippen LogP) is 1.93. The second kappa shape index (κ2) is 6.49. The van der Waals surface area contributed by atoms with Gasteiger partial charge >= 0.3 is 0 Å². The lowest BCUT2D eigenvalue weighted by Crippen LogP contribution is -2.50. The van der Waals surface area contributed by atoms with E-state index in [0.29, 0.717) is 17.6 Å². The number of hydrogen-bond acceptors (Lipinski definition) is 3. The third-order valence-electron chi connectivity index (χ3n) is 3.04. The molecule has 1 aromatic rings. The number of benzene rings is 1. The van der Waals surface area contributed by atoms with Crippen molar-refractivity contribution in [2.75, 3.05) is 26.2 Å². The van der Waals surface area contributed by atoms with Gasteiger partial charge in [0.25, 0.3) is 5.91 Å². The summed E-state index contributed by atoms with van der Waals surface area (Å²) in [7, 11) is 0. The van der Waals surface area contributed by atoms with Crippen molar-refractivity contribution < 1.29 is 18.3 Å². The van der Waals surface area contributed by atoms with Gasteiger partial charge in [0.15, 0.2) is 17.7 Å². The molecule has 1 heterocycles. The molecule has 1 amide bonds. The molecule has 4 nitrogen and oxygen atoms in total. The molecule has 0 saturated carbocycles. The van der Waals surface area contributed by atoms with Crippen LogP contribution in [-0.2, 0) is 4.79 Å². The fraction of sp³-hybridized carbons (Fsp3) is 0.462. The van der Waals surface area contributed by atoms with E-state index in [2.05, 4.69) is 21.2 Å². The number of nitrogens with zero attached hydrogens (tertiary/aromatic N) is 1. The van der Waals surface area contributed by atoms with Gasteiger partial charge in [-0.1, -0.05) is 15.9 Å². The van der Waals surface area contributed by atoms with Crippen LogP contribution < -0.4 is 10.1 Å². The zero-order valence-corrected chi connectivity index (χ0v) is 12.5. The highest BCUT2D eigenvalue weighted by molar-refractivity contribution is 9.10. The standard InChI is InChI=1S/C13H15BrF2N2O2/c1-8(13(19)18-4-2-17-3-5-18)20-11-7-9(14)6-10(15)12(11)16/h6-8,17H,2-5H2,1H3. The minimum atomic E-state index is -1.09. The van der Waals surface area contributed by atoms with E-state index in [1.807, 2.05) is 0 Å². The third kappa shape index (κ3) is 3.46. The fourth-order valence-electron chi connectivity index (χ4n) is 2.00. The van der Waals surface area contributed by atoms with Crippen LogP contribution in [0.25, 0.3) is 0 Å². The van der Waals surface area contributed by atoms with Crippen molar-refractivity contribution in [3.63, 3.8) is 0 Å². The molecule has 0 radical (unpaired) electrons. The second-order valence-electron chi connectivity index (χ2n) is 4.54. The normalized spacial score (nSPS) is 16.9. The number of hydrogen-bond donors (Lipinski definition) is 1. The highest BCUT2D eigenvalue weighted by Crippen LogP contribution is 2.26. The van der Waals surface area contributed by atoms with Gasteiger partial charge in [-0.25, -0.2) is 4.39 Å². The van der Waals surface area contributed by atoms with Crippen LogP contribution in [0.4, 0.5) is 8.78 Å². The highest BCUT2D eigenvalue weighted by atomic mass is 79.9. The molecule has 0 aromatic heterocycles. The Morgan fingerprint density at radius 2 is 2.05 bits per heavy atom. The molecule has 0 aliphatic carbocycles. The summed E-state index contributed by atoms with van der Waals surface area (Å²) < 4.78 is 32.5. The van der Waals surface area contributed by atoms with Gasteiger partial charge in [-0.15, -0.1) is 0 Å². The van der Waals surface area contributed by atoms with Crippen molar-refractivity contribution in [1.29, 1.82) is 0 Å². The number of rotatable bonds is 3. The Morgan fingerprint density at radius 1 is 1.40 bits per heavy atom. The minimum absolute atomic E-state index is 0.230. The number of nitrogens with one attached hydrogen (secondary N) is 1. The van der Waals surface area contributed by atoms with Gasteiger partial charge in [0.1, 0.15) is 0 Å². The first-order valence-electron chi connectivity index (χ1n) is 6.29. The molecule has 0 spiro atoms. The summed E-state index contributed by atoms with van der Waals surface area (Å²) in [6.45, 7) is 4.14. The number of carbonyl (C=O) groups excluding carboxylic acids is 1. The summed E-state index contributed by atoms with van der Waals surface area (Å²) in [4.78, 5) is 13.8. The Hall–Kier alpha value is -1.21. The Morgan fingerprint density at radius 3 is 2.70 bits per heavy atom. The first-order valence-corrected chi connectivity index (χ1v) is 7.09. The molecule has 20 heavy (non-hydrogen) atoms. The molecule has 1 aromatic carbocycles. The van der Waals surface area contributed by atoms with E-state index in [-0.39, 0.29) is 11.7 Å². The van der Waals surface area contributed by atoms with Gasteiger partial charge < -0.3 is 15.0 Å². The molecule has 110 valence electrons. The lowest BCUT2D eigenvalue weighted by Gasteiger charge is -2.29. The molecule has 1 unspecified atom stereocenters. The molecule has 0 bridgehead atoms. The van der Waals surface area contributed by atoms with Crippen molar-refractivity contribution in [3.05, 3.63) is 28.2 Å². The molecule has 1 saturated heterocycles. The van der Waals surface area contributed by atoms with Gasteiger partial charge in [-0.05, 0) is 19.1 Å². The lowest BCUT2D eigenvalue weighted by atomic mass is 10.2. The Bertz CT molecular complexity index is 507. The lowest BCUT2D eigenvalue weighted by molar-refractivity contribution is -0.138. The molecule has 1 fully saturated rings. The van der Waals surface area contributed by atoms with Crippen LogP contribution in [0.1, 0.15) is 6.92 Å². The maximum Gasteiger partial charge on any atom is 0.263 e. The van der Waals surface area contributed by atoms with Gasteiger partial charge in [0.2, 0.25) is 5.82 Å². The van der Waals surface area contributed by atoms with Crippen LogP contribution in [0.15, 0.2) is 16.6 Å². The van der Waals surface area contributed by atoms with Crippen LogP contribution in [0, 0.1) is 11.6 Å². The molecular weight excluding hydrogens is 334 g/mol. The number of carbonyl (C=O) groups is 1. The molecule has 1 aliphatic heterocycles. The van der Waals surface area contributed by atoms with Crippen LogP contribution >= 0.6 is 15.9 Å². The van der Waals surface area contributed by atoms with Gasteiger partial charge in [0.05, 0.1) is 0 Å². The topological polar surface area (TPSA) is 41.6 Å². The van der Waals surface area contributed by atoms with Gasteiger partial charge in [-0.2, -0.15) is 4.39 Å². The first kappa shape index (κ1) is 15.2.